The van der Waals surface area contributed by atoms with Crippen LogP contribution in [-0.2, 0) is 4.79 Å². The fourth-order valence-electron chi connectivity index (χ4n) is 3.38. The van der Waals surface area contributed by atoms with E-state index in [9.17, 15) is 9.59 Å². The standard InChI is InChI=1S/C18H29N3O2S/c1-14-11-15(2)13-21(12-14)9-4-7-19-17(22)6-8-20-18(23)16-5-3-10-24-16/h3,5,10,14-15H,4,6-9,11-13H2,1-2H3,(H,19,22)(H,20,23)/t14-,15-/m0/s1. The lowest BCUT2D eigenvalue weighted by Crippen LogP contribution is -2.40. The molecule has 6 heteroatoms. The van der Waals surface area contributed by atoms with Gasteiger partial charge in [0.25, 0.3) is 5.91 Å². The lowest BCUT2D eigenvalue weighted by atomic mass is 9.92. The Morgan fingerprint density at radius 1 is 1.21 bits per heavy atom. The van der Waals surface area contributed by atoms with Gasteiger partial charge in [-0.15, -0.1) is 11.3 Å². The highest BCUT2D eigenvalue weighted by Gasteiger charge is 2.21. The fourth-order valence-corrected chi connectivity index (χ4v) is 4.02. The summed E-state index contributed by atoms with van der Waals surface area (Å²) < 4.78 is 0. The quantitative estimate of drug-likeness (QED) is 0.707. The van der Waals surface area contributed by atoms with Gasteiger partial charge in [-0.05, 0) is 42.7 Å². The molecular weight excluding hydrogens is 322 g/mol. The Kier molecular flexibility index (Phi) is 7.72. The highest BCUT2D eigenvalue weighted by atomic mass is 32.1. The topological polar surface area (TPSA) is 61.4 Å². The van der Waals surface area contributed by atoms with Gasteiger partial charge in [-0.3, -0.25) is 9.59 Å². The zero-order valence-electron chi connectivity index (χ0n) is 14.7. The lowest BCUT2D eigenvalue weighted by Gasteiger charge is -2.34. The van der Waals surface area contributed by atoms with Gasteiger partial charge in [-0.1, -0.05) is 19.9 Å². The number of hydrogen-bond acceptors (Lipinski definition) is 4. The maximum atomic E-state index is 11.8. The summed E-state index contributed by atoms with van der Waals surface area (Å²) in [6, 6.07) is 3.62. The summed E-state index contributed by atoms with van der Waals surface area (Å²) in [5, 5.41) is 7.58. The number of likely N-dealkylation sites (tertiary alicyclic amines) is 1. The summed E-state index contributed by atoms with van der Waals surface area (Å²) in [4.78, 5) is 26.7. The summed E-state index contributed by atoms with van der Waals surface area (Å²) in [7, 11) is 0. The van der Waals surface area contributed by atoms with E-state index < -0.39 is 0 Å². The van der Waals surface area contributed by atoms with Crippen LogP contribution in [0.1, 0.15) is 42.8 Å². The van der Waals surface area contributed by atoms with Crippen LogP contribution < -0.4 is 10.6 Å². The Labute approximate surface area is 148 Å². The Bertz CT molecular complexity index is 508. The number of hydrogen-bond donors (Lipinski definition) is 2. The Morgan fingerprint density at radius 3 is 2.62 bits per heavy atom. The van der Waals surface area contributed by atoms with Crippen molar-refractivity contribution in [2.75, 3.05) is 32.7 Å². The molecule has 2 atom stereocenters. The van der Waals surface area contributed by atoms with Crippen LogP contribution in [0.4, 0.5) is 0 Å². The fraction of sp³-hybridized carbons (Fsp3) is 0.667. The monoisotopic (exact) mass is 351 g/mol. The Balaban J connectivity index is 1.51. The smallest absolute Gasteiger partial charge is 0.261 e. The number of nitrogens with one attached hydrogen (secondary N) is 2. The molecule has 2 rings (SSSR count). The molecule has 0 aliphatic carbocycles. The summed E-state index contributed by atoms with van der Waals surface area (Å²) in [6.45, 7) is 9.11. The minimum Gasteiger partial charge on any atom is -0.356 e. The van der Waals surface area contributed by atoms with E-state index in [1.54, 1.807) is 6.07 Å². The number of amides is 2. The van der Waals surface area contributed by atoms with Gasteiger partial charge in [-0.25, -0.2) is 0 Å². The molecule has 0 aromatic carbocycles. The molecule has 1 aliphatic heterocycles. The predicted octanol–water partition coefficient (Wildman–Crippen LogP) is 2.35. The first kappa shape index (κ1) is 18.9. The molecule has 2 N–H and O–H groups in total. The van der Waals surface area contributed by atoms with Crippen LogP contribution in [0, 0.1) is 11.8 Å². The third kappa shape index (κ3) is 6.61. The second-order valence-electron chi connectivity index (χ2n) is 6.89. The second kappa shape index (κ2) is 9.79. The molecule has 1 saturated heterocycles. The molecule has 5 nitrogen and oxygen atoms in total. The number of piperidine rings is 1. The minimum absolute atomic E-state index is 0.00172. The van der Waals surface area contributed by atoms with Gasteiger partial charge >= 0.3 is 0 Å². The van der Waals surface area contributed by atoms with Gasteiger partial charge < -0.3 is 15.5 Å². The Hall–Kier alpha value is -1.40. The molecule has 134 valence electrons. The first-order chi connectivity index (χ1) is 11.5. The summed E-state index contributed by atoms with van der Waals surface area (Å²) >= 11 is 1.40. The van der Waals surface area contributed by atoms with Crippen LogP contribution in [0.25, 0.3) is 0 Å². The van der Waals surface area contributed by atoms with Crippen LogP contribution in [-0.4, -0.2) is 49.4 Å². The molecule has 1 aliphatic rings. The number of carbonyl (C=O) groups excluding carboxylic acids is 2. The average molecular weight is 352 g/mol. The van der Waals surface area contributed by atoms with Crippen LogP contribution in [0.2, 0.25) is 0 Å². The van der Waals surface area contributed by atoms with E-state index in [0.29, 0.717) is 24.4 Å². The predicted molar refractivity (Wildman–Crippen MR) is 98.3 cm³/mol. The largest absolute Gasteiger partial charge is 0.356 e. The number of thiophene rings is 1. The van der Waals surface area contributed by atoms with Crippen LogP contribution in [0.15, 0.2) is 17.5 Å². The van der Waals surface area contributed by atoms with Crippen molar-refractivity contribution >= 4 is 23.2 Å². The third-order valence-electron chi connectivity index (χ3n) is 4.30. The average Bonchev–Trinajstić information content (AvgIpc) is 3.05. The molecule has 1 fully saturated rings. The van der Waals surface area contributed by atoms with E-state index in [2.05, 4.69) is 29.4 Å². The normalized spacial score (nSPS) is 21.4. The number of carbonyl (C=O) groups is 2. The van der Waals surface area contributed by atoms with Crippen molar-refractivity contribution in [1.29, 1.82) is 0 Å². The van der Waals surface area contributed by atoms with Crippen molar-refractivity contribution in [3.05, 3.63) is 22.4 Å². The maximum absolute atomic E-state index is 11.8. The van der Waals surface area contributed by atoms with Crippen LogP contribution in [0.3, 0.4) is 0 Å². The summed E-state index contributed by atoms with van der Waals surface area (Å²) in [6.07, 6.45) is 2.63. The zero-order valence-corrected chi connectivity index (χ0v) is 15.5. The first-order valence-corrected chi connectivity index (χ1v) is 9.73. The summed E-state index contributed by atoms with van der Waals surface area (Å²) in [5.74, 6) is 1.44. The van der Waals surface area contributed by atoms with Gasteiger partial charge in [0.1, 0.15) is 0 Å². The van der Waals surface area contributed by atoms with E-state index in [0.717, 1.165) is 24.8 Å². The molecule has 1 aromatic heterocycles. The SMILES string of the molecule is C[C@H]1C[C@H](C)CN(CCCNC(=O)CCNC(=O)c2cccs2)C1. The minimum atomic E-state index is -0.105. The molecular formula is C18H29N3O2S. The van der Waals surface area contributed by atoms with Crippen molar-refractivity contribution in [2.45, 2.75) is 33.1 Å². The van der Waals surface area contributed by atoms with Crippen molar-refractivity contribution in [1.82, 2.24) is 15.5 Å². The molecule has 0 spiro atoms. The Morgan fingerprint density at radius 2 is 1.96 bits per heavy atom. The van der Waals surface area contributed by atoms with E-state index in [4.69, 9.17) is 0 Å². The van der Waals surface area contributed by atoms with Crippen molar-refractivity contribution in [3.8, 4) is 0 Å². The van der Waals surface area contributed by atoms with Gasteiger partial charge in [0.15, 0.2) is 0 Å². The second-order valence-corrected chi connectivity index (χ2v) is 7.84. The molecule has 0 bridgehead atoms. The molecule has 0 unspecified atom stereocenters. The van der Waals surface area contributed by atoms with Gasteiger partial charge in [0, 0.05) is 32.6 Å². The number of nitrogens with zero attached hydrogens (tertiary/aromatic N) is 1. The van der Waals surface area contributed by atoms with E-state index in [1.807, 2.05) is 11.4 Å². The van der Waals surface area contributed by atoms with E-state index >= 15 is 0 Å². The van der Waals surface area contributed by atoms with Crippen LogP contribution >= 0.6 is 11.3 Å². The molecule has 0 saturated carbocycles. The lowest BCUT2D eigenvalue weighted by molar-refractivity contribution is -0.120. The van der Waals surface area contributed by atoms with Gasteiger partial charge in [0.05, 0.1) is 4.88 Å². The first-order valence-electron chi connectivity index (χ1n) is 8.85. The van der Waals surface area contributed by atoms with Gasteiger partial charge in [0.2, 0.25) is 5.91 Å². The molecule has 24 heavy (non-hydrogen) atoms. The van der Waals surface area contributed by atoms with Crippen molar-refractivity contribution in [2.24, 2.45) is 11.8 Å². The molecule has 1 aromatic rings. The molecule has 2 heterocycles. The number of rotatable bonds is 8. The highest BCUT2D eigenvalue weighted by molar-refractivity contribution is 7.12. The van der Waals surface area contributed by atoms with E-state index in [-0.39, 0.29) is 11.8 Å². The third-order valence-corrected chi connectivity index (χ3v) is 5.17. The zero-order chi connectivity index (χ0) is 17.4. The molecule has 2 amide bonds. The van der Waals surface area contributed by atoms with Crippen LogP contribution in [0.5, 0.6) is 0 Å². The van der Waals surface area contributed by atoms with Gasteiger partial charge in [-0.2, -0.15) is 0 Å². The molecule has 0 radical (unpaired) electrons. The summed E-state index contributed by atoms with van der Waals surface area (Å²) in [5.41, 5.74) is 0. The van der Waals surface area contributed by atoms with E-state index in [1.165, 1.54) is 30.8 Å². The maximum Gasteiger partial charge on any atom is 0.261 e. The highest BCUT2D eigenvalue weighted by Crippen LogP contribution is 2.20. The van der Waals surface area contributed by atoms with Crippen molar-refractivity contribution in [3.63, 3.8) is 0 Å². The van der Waals surface area contributed by atoms with Crippen molar-refractivity contribution < 1.29 is 9.59 Å².